The molecular weight excluding hydrogens is 482 g/mol. The smallest absolute Gasteiger partial charge is 0.268 e. The van der Waals surface area contributed by atoms with E-state index in [1.54, 1.807) is 48.7 Å². The number of hydrogen-bond donors (Lipinski definition) is 2. The van der Waals surface area contributed by atoms with Gasteiger partial charge in [0.25, 0.3) is 10.0 Å². The summed E-state index contributed by atoms with van der Waals surface area (Å²) in [6.45, 7) is 2.03. The summed E-state index contributed by atoms with van der Waals surface area (Å²) in [6.07, 6.45) is 9.42. The van der Waals surface area contributed by atoms with Crippen LogP contribution < -0.4 is 10.6 Å². The number of aromatic nitrogens is 3. The number of nitrogens with zero attached hydrogens (tertiary/aromatic N) is 3. The van der Waals surface area contributed by atoms with E-state index in [0.29, 0.717) is 23.1 Å². The number of fused-ring (bicyclic) bond motifs is 2. The number of benzene rings is 3. The first-order chi connectivity index (χ1) is 18.0. The van der Waals surface area contributed by atoms with Crippen LogP contribution >= 0.6 is 0 Å². The Labute approximate surface area is 215 Å². The molecular formula is C29H25N5O2S. The first kappa shape index (κ1) is 23.2. The fraction of sp³-hybridized carbons (Fsp3) is 0.172. The summed E-state index contributed by atoms with van der Waals surface area (Å²) in [5.74, 6) is 3.98. The van der Waals surface area contributed by atoms with E-state index in [0.717, 1.165) is 47.9 Å². The fourth-order valence-corrected chi connectivity index (χ4v) is 6.34. The van der Waals surface area contributed by atoms with Gasteiger partial charge in [-0.3, -0.25) is 0 Å². The maximum Gasteiger partial charge on any atom is 0.268 e. The lowest BCUT2D eigenvalue weighted by molar-refractivity contribution is 0.460. The monoisotopic (exact) mass is 507 g/mol. The Hall–Kier alpha value is -4.19. The van der Waals surface area contributed by atoms with E-state index in [1.807, 2.05) is 18.2 Å². The molecule has 0 unspecified atom stereocenters. The number of piperidine rings is 1. The number of anilines is 2. The van der Waals surface area contributed by atoms with Gasteiger partial charge in [0.1, 0.15) is 5.82 Å². The molecule has 5 aromatic rings. The van der Waals surface area contributed by atoms with Crippen LogP contribution in [0.1, 0.15) is 30.1 Å². The zero-order valence-corrected chi connectivity index (χ0v) is 20.9. The van der Waals surface area contributed by atoms with E-state index >= 15 is 0 Å². The first-order valence-corrected chi connectivity index (χ1v) is 13.6. The maximum absolute atomic E-state index is 13.2. The van der Waals surface area contributed by atoms with Crippen LogP contribution in [0.25, 0.3) is 21.8 Å². The van der Waals surface area contributed by atoms with Crippen molar-refractivity contribution >= 4 is 43.3 Å². The average molecular weight is 508 g/mol. The Kier molecular flexibility index (Phi) is 5.87. The number of hydrogen-bond acceptors (Lipinski definition) is 6. The number of nitrogens with one attached hydrogen (secondary N) is 2. The number of rotatable bonds is 5. The van der Waals surface area contributed by atoms with Crippen molar-refractivity contribution in [2.24, 2.45) is 0 Å². The van der Waals surface area contributed by atoms with Crippen LogP contribution in [-0.4, -0.2) is 35.4 Å². The topological polar surface area (TPSA) is 88.9 Å². The summed E-state index contributed by atoms with van der Waals surface area (Å²) in [5.41, 5.74) is 3.43. The molecule has 0 spiro atoms. The molecule has 184 valence electrons. The summed E-state index contributed by atoms with van der Waals surface area (Å²) in [5, 5.41) is 8.51. The van der Waals surface area contributed by atoms with E-state index in [2.05, 4.69) is 38.7 Å². The SMILES string of the molecule is C#Cc1nc(Nc2ccc3c(ccn3S(=O)(=O)c3ccccc3)c2)c2cc(C3CCNCC3)ccc2n1. The predicted octanol–water partition coefficient (Wildman–Crippen LogP) is 5.01. The summed E-state index contributed by atoms with van der Waals surface area (Å²) in [7, 11) is -3.70. The van der Waals surface area contributed by atoms with Crippen molar-refractivity contribution < 1.29 is 8.42 Å². The third-order valence-electron chi connectivity index (χ3n) is 6.88. The van der Waals surface area contributed by atoms with Gasteiger partial charge in [-0.2, -0.15) is 0 Å². The Balaban J connectivity index is 1.38. The van der Waals surface area contributed by atoms with Crippen LogP contribution in [-0.2, 0) is 10.0 Å². The van der Waals surface area contributed by atoms with Gasteiger partial charge in [-0.1, -0.05) is 24.3 Å². The van der Waals surface area contributed by atoms with Crippen molar-refractivity contribution in [3.8, 4) is 12.3 Å². The Morgan fingerprint density at radius 3 is 2.57 bits per heavy atom. The van der Waals surface area contributed by atoms with Crippen LogP contribution in [0.15, 0.2) is 83.9 Å². The summed E-state index contributed by atoms with van der Waals surface area (Å²) >= 11 is 0. The van der Waals surface area contributed by atoms with Crippen molar-refractivity contribution in [2.75, 3.05) is 18.4 Å². The Bertz CT molecular complexity index is 1770. The zero-order valence-electron chi connectivity index (χ0n) is 20.1. The van der Waals surface area contributed by atoms with Crippen LogP contribution in [0.4, 0.5) is 11.5 Å². The molecule has 8 heteroatoms. The standard InChI is InChI=1S/C29H25N5O2S/c1-2-28-32-26-10-8-21(20-12-15-30-16-13-20)19-25(26)29(33-28)31-23-9-11-27-22(18-23)14-17-34(27)37(35,36)24-6-4-3-5-7-24/h1,3-11,14,17-20,30H,12-13,15-16H2,(H,31,32,33). The minimum atomic E-state index is -3.70. The van der Waals surface area contributed by atoms with Gasteiger partial charge < -0.3 is 10.6 Å². The van der Waals surface area contributed by atoms with E-state index in [9.17, 15) is 8.42 Å². The van der Waals surface area contributed by atoms with Gasteiger partial charge in [0.15, 0.2) is 0 Å². The molecule has 7 nitrogen and oxygen atoms in total. The minimum absolute atomic E-state index is 0.244. The highest BCUT2D eigenvalue weighted by molar-refractivity contribution is 7.90. The normalized spacial score (nSPS) is 14.6. The van der Waals surface area contributed by atoms with Crippen LogP contribution in [0.2, 0.25) is 0 Å². The van der Waals surface area contributed by atoms with E-state index < -0.39 is 10.0 Å². The third kappa shape index (κ3) is 4.33. The number of terminal acetylenes is 1. The van der Waals surface area contributed by atoms with Crippen LogP contribution in [0, 0.1) is 12.3 Å². The van der Waals surface area contributed by atoms with E-state index in [-0.39, 0.29) is 4.90 Å². The minimum Gasteiger partial charge on any atom is -0.340 e. The molecule has 37 heavy (non-hydrogen) atoms. The highest BCUT2D eigenvalue weighted by atomic mass is 32.2. The van der Waals surface area contributed by atoms with Crippen molar-refractivity contribution in [1.29, 1.82) is 0 Å². The summed E-state index contributed by atoms with van der Waals surface area (Å²) < 4.78 is 27.7. The molecule has 3 heterocycles. The van der Waals surface area contributed by atoms with E-state index in [4.69, 9.17) is 6.42 Å². The van der Waals surface area contributed by atoms with Crippen molar-refractivity contribution in [3.63, 3.8) is 0 Å². The van der Waals surface area contributed by atoms with Crippen molar-refractivity contribution in [1.82, 2.24) is 19.3 Å². The molecule has 3 aromatic carbocycles. The van der Waals surface area contributed by atoms with Gasteiger partial charge in [-0.05, 0) is 91.9 Å². The van der Waals surface area contributed by atoms with Gasteiger partial charge in [0.2, 0.25) is 5.82 Å². The molecule has 0 saturated carbocycles. The lowest BCUT2D eigenvalue weighted by Crippen LogP contribution is -2.26. The van der Waals surface area contributed by atoms with Crippen LogP contribution in [0.5, 0.6) is 0 Å². The van der Waals surface area contributed by atoms with Gasteiger partial charge in [0, 0.05) is 22.7 Å². The van der Waals surface area contributed by atoms with Gasteiger partial charge >= 0.3 is 0 Å². The molecule has 0 aliphatic carbocycles. The zero-order chi connectivity index (χ0) is 25.4. The molecule has 0 amide bonds. The van der Waals surface area contributed by atoms with Gasteiger partial charge in [0.05, 0.1) is 15.9 Å². The molecule has 2 aromatic heterocycles. The fourth-order valence-electron chi connectivity index (χ4n) is 4.96. The Morgan fingerprint density at radius 1 is 0.973 bits per heavy atom. The molecule has 0 radical (unpaired) electrons. The summed E-state index contributed by atoms with van der Waals surface area (Å²) in [6, 6.07) is 22.1. The molecule has 6 rings (SSSR count). The second-order valence-electron chi connectivity index (χ2n) is 9.17. The second-order valence-corrected chi connectivity index (χ2v) is 11.0. The highest BCUT2D eigenvalue weighted by Crippen LogP contribution is 2.32. The molecule has 1 aliphatic heterocycles. The van der Waals surface area contributed by atoms with Crippen molar-refractivity contribution in [2.45, 2.75) is 23.7 Å². The predicted molar refractivity (Wildman–Crippen MR) is 147 cm³/mol. The Morgan fingerprint density at radius 2 is 1.78 bits per heavy atom. The highest BCUT2D eigenvalue weighted by Gasteiger charge is 2.20. The van der Waals surface area contributed by atoms with Gasteiger partial charge in [-0.15, -0.1) is 6.42 Å². The largest absolute Gasteiger partial charge is 0.340 e. The molecule has 1 aliphatic rings. The molecule has 0 bridgehead atoms. The van der Waals surface area contributed by atoms with Crippen LogP contribution in [0.3, 0.4) is 0 Å². The second kappa shape index (κ2) is 9.36. The lowest BCUT2D eigenvalue weighted by Gasteiger charge is -2.23. The summed E-state index contributed by atoms with van der Waals surface area (Å²) in [4.78, 5) is 9.36. The average Bonchev–Trinajstić information content (AvgIpc) is 3.38. The lowest BCUT2D eigenvalue weighted by atomic mass is 9.89. The third-order valence-corrected chi connectivity index (χ3v) is 8.58. The van der Waals surface area contributed by atoms with E-state index in [1.165, 1.54) is 9.54 Å². The first-order valence-electron chi connectivity index (χ1n) is 12.2. The van der Waals surface area contributed by atoms with Gasteiger partial charge in [-0.25, -0.2) is 22.4 Å². The maximum atomic E-state index is 13.2. The molecule has 1 fully saturated rings. The molecule has 1 saturated heterocycles. The molecule has 0 atom stereocenters. The quantitative estimate of drug-likeness (QED) is 0.325. The molecule has 2 N–H and O–H groups in total. The van der Waals surface area contributed by atoms with Crippen molar-refractivity contribution in [3.05, 3.63) is 90.4 Å².